The van der Waals surface area contributed by atoms with Crippen molar-refractivity contribution < 1.29 is 14.3 Å². The number of benzene rings is 1. The van der Waals surface area contributed by atoms with Crippen LogP contribution in [0.5, 0.6) is 0 Å². The summed E-state index contributed by atoms with van der Waals surface area (Å²) in [5.41, 5.74) is 2.76. The Morgan fingerprint density at radius 1 is 0.946 bits per heavy atom. The van der Waals surface area contributed by atoms with Crippen LogP contribution in [-0.4, -0.2) is 92.0 Å². The maximum atomic E-state index is 13.6. The van der Waals surface area contributed by atoms with E-state index in [0.717, 1.165) is 43.6 Å². The molecule has 3 aliphatic heterocycles. The lowest BCUT2D eigenvalue weighted by atomic mass is 9.84. The first-order valence-electron chi connectivity index (χ1n) is 13.1. The number of likely N-dealkylation sites (tertiary alicyclic amines) is 2. The Kier molecular flexibility index (Phi) is 8.50. The lowest BCUT2D eigenvalue weighted by Gasteiger charge is -2.44. The maximum absolute atomic E-state index is 13.6. The standard InChI is InChI=1S/C27H35N7O3/c1-20-16-21(17-28)6-7-24(20)31-12-14-32(15-13-31)25(35)22-8-11-34(18-23(22)26(36)37-2)27(30-19-29)33-9-4-3-5-10-33/h6-7,16,22-23H,3-5,8-15,18H2,1-2H3/t22-,23-/m0/s1. The predicted octanol–water partition coefficient (Wildman–Crippen LogP) is 1.95. The number of piperidine rings is 2. The number of amides is 1. The molecule has 1 aromatic rings. The second-order valence-electron chi connectivity index (χ2n) is 9.96. The van der Waals surface area contributed by atoms with E-state index in [-0.39, 0.29) is 5.91 Å². The van der Waals surface area contributed by atoms with Gasteiger partial charge in [0, 0.05) is 58.0 Å². The molecular formula is C27H35N7O3. The number of ether oxygens (including phenoxy) is 1. The topological polar surface area (TPSA) is 116 Å². The molecule has 0 N–H and O–H groups in total. The first kappa shape index (κ1) is 26.3. The Hall–Kier alpha value is -3.79. The molecular weight excluding hydrogens is 470 g/mol. The molecule has 3 aliphatic rings. The number of hydrogen-bond acceptors (Lipinski definition) is 7. The lowest BCUT2D eigenvalue weighted by Crippen LogP contribution is -2.57. The van der Waals surface area contributed by atoms with Gasteiger partial charge in [-0.05, 0) is 56.4 Å². The van der Waals surface area contributed by atoms with Gasteiger partial charge >= 0.3 is 5.97 Å². The Bertz CT molecular complexity index is 1110. The molecule has 1 aromatic carbocycles. The zero-order valence-corrected chi connectivity index (χ0v) is 21.7. The van der Waals surface area contributed by atoms with E-state index in [0.29, 0.717) is 57.2 Å². The van der Waals surface area contributed by atoms with Crippen LogP contribution in [0.1, 0.15) is 36.8 Å². The van der Waals surface area contributed by atoms with Crippen LogP contribution in [0, 0.1) is 41.5 Å². The Morgan fingerprint density at radius 3 is 2.30 bits per heavy atom. The van der Waals surface area contributed by atoms with Crippen LogP contribution in [0.2, 0.25) is 0 Å². The molecule has 3 saturated heterocycles. The summed E-state index contributed by atoms with van der Waals surface area (Å²) >= 11 is 0. The zero-order chi connectivity index (χ0) is 26.4. The first-order chi connectivity index (χ1) is 18.0. The molecule has 0 saturated carbocycles. The minimum Gasteiger partial charge on any atom is -0.469 e. The number of piperazine rings is 1. The van der Waals surface area contributed by atoms with Crippen molar-refractivity contribution in [2.45, 2.75) is 32.6 Å². The van der Waals surface area contributed by atoms with E-state index in [9.17, 15) is 14.9 Å². The number of methoxy groups -OCH3 is 1. The van der Waals surface area contributed by atoms with Crippen molar-refractivity contribution in [1.29, 1.82) is 10.5 Å². The number of esters is 1. The van der Waals surface area contributed by atoms with Gasteiger partial charge in [0.15, 0.2) is 0 Å². The summed E-state index contributed by atoms with van der Waals surface area (Å²) in [5.74, 6) is -0.878. The average Bonchev–Trinajstić information content (AvgIpc) is 2.95. The van der Waals surface area contributed by atoms with Gasteiger partial charge < -0.3 is 24.3 Å². The third-order valence-corrected chi connectivity index (χ3v) is 7.76. The molecule has 37 heavy (non-hydrogen) atoms. The second kappa shape index (κ2) is 12.0. The molecule has 10 heteroatoms. The largest absolute Gasteiger partial charge is 0.469 e. The molecule has 0 aromatic heterocycles. The number of aliphatic imine (C=N–C) groups is 1. The highest BCUT2D eigenvalue weighted by Crippen LogP contribution is 2.30. The minimum absolute atomic E-state index is 0.0111. The normalized spacial score (nSPS) is 22.8. The van der Waals surface area contributed by atoms with Crippen LogP contribution in [0.15, 0.2) is 23.2 Å². The zero-order valence-electron chi connectivity index (χ0n) is 21.7. The highest BCUT2D eigenvalue weighted by atomic mass is 16.5. The molecule has 0 spiro atoms. The van der Waals surface area contributed by atoms with Crippen molar-refractivity contribution >= 4 is 23.5 Å². The minimum atomic E-state index is -0.612. The summed E-state index contributed by atoms with van der Waals surface area (Å²) in [4.78, 5) is 38.8. The van der Waals surface area contributed by atoms with Crippen molar-refractivity contribution in [2.24, 2.45) is 16.8 Å². The van der Waals surface area contributed by atoms with Crippen molar-refractivity contribution in [1.82, 2.24) is 14.7 Å². The number of nitriles is 2. The van der Waals surface area contributed by atoms with Crippen LogP contribution in [-0.2, 0) is 14.3 Å². The summed E-state index contributed by atoms with van der Waals surface area (Å²) in [6.07, 6.45) is 5.69. The quantitative estimate of drug-likeness (QED) is 0.265. The summed E-state index contributed by atoms with van der Waals surface area (Å²) in [6.45, 7) is 7.06. The van der Waals surface area contributed by atoms with Crippen molar-refractivity contribution in [3.8, 4) is 12.3 Å². The third kappa shape index (κ3) is 5.80. The maximum Gasteiger partial charge on any atom is 0.311 e. The highest BCUT2D eigenvalue weighted by Gasteiger charge is 2.43. The molecule has 10 nitrogen and oxygen atoms in total. The van der Waals surface area contributed by atoms with Gasteiger partial charge in [-0.3, -0.25) is 9.59 Å². The molecule has 0 aliphatic carbocycles. The number of anilines is 1. The Balaban J connectivity index is 1.43. The number of rotatable bonds is 3. The average molecular weight is 506 g/mol. The van der Waals surface area contributed by atoms with E-state index >= 15 is 0 Å². The van der Waals surface area contributed by atoms with Gasteiger partial charge in [0.2, 0.25) is 18.1 Å². The monoisotopic (exact) mass is 505 g/mol. The molecule has 1 amide bonds. The van der Waals surface area contributed by atoms with Crippen molar-refractivity contribution in [2.75, 3.05) is 64.4 Å². The number of carbonyl (C=O) groups is 2. The van der Waals surface area contributed by atoms with Gasteiger partial charge in [-0.2, -0.15) is 10.5 Å². The summed E-state index contributed by atoms with van der Waals surface area (Å²) in [5, 5.41) is 18.4. The molecule has 0 unspecified atom stereocenters. The van der Waals surface area contributed by atoms with Crippen LogP contribution < -0.4 is 4.90 Å². The molecule has 4 rings (SSSR count). The number of aryl methyl sites for hydroxylation is 1. The molecule has 2 atom stereocenters. The van der Waals surface area contributed by atoms with Crippen LogP contribution in [0.3, 0.4) is 0 Å². The molecule has 0 bridgehead atoms. The lowest BCUT2D eigenvalue weighted by molar-refractivity contribution is -0.155. The molecule has 196 valence electrons. The molecule has 3 heterocycles. The van der Waals surface area contributed by atoms with Gasteiger partial charge in [-0.25, -0.2) is 0 Å². The number of nitrogens with zero attached hydrogens (tertiary/aromatic N) is 7. The number of guanidine groups is 1. The van der Waals surface area contributed by atoms with Crippen molar-refractivity contribution in [3.63, 3.8) is 0 Å². The fourth-order valence-corrected chi connectivity index (χ4v) is 5.78. The molecule has 3 fully saturated rings. The van der Waals surface area contributed by atoms with Crippen LogP contribution >= 0.6 is 0 Å². The summed E-state index contributed by atoms with van der Waals surface area (Å²) in [6, 6.07) is 7.85. The van der Waals surface area contributed by atoms with Gasteiger partial charge in [0.05, 0.1) is 30.6 Å². The van der Waals surface area contributed by atoms with E-state index in [1.165, 1.54) is 7.11 Å². The fraction of sp³-hybridized carbons (Fsp3) is 0.593. The van der Waals surface area contributed by atoms with E-state index in [1.807, 2.05) is 41.1 Å². The van der Waals surface area contributed by atoms with E-state index in [1.54, 1.807) is 0 Å². The smallest absolute Gasteiger partial charge is 0.311 e. The Morgan fingerprint density at radius 2 is 1.68 bits per heavy atom. The number of carbonyl (C=O) groups excluding carboxylic acids is 2. The van der Waals surface area contributed by atoms with Crippen LogP contribution in [0.4, 0.5) is 5.69 Å². The first-order valence-corrected chi connectivity index (χ1v) is 13.1. The Labute approximate surface area is 218 Å². The van der Waals surface area contributed by atoms with E-state index < -0.39 is 17.8 Å². The molecule has 0 radical (unpaired) electrons. The summed E-state index contributed by atoms with van der Waals surface area (Å²) < 4.78 is 5.11. The van der Waals surface area contributed by atoms with Gasteiger partial charge in [0.25, 0.3) is 0 Å². The fourth-order valence-electron chi connectivity index (χ4n) is 5.78. The highest BCUT2D eigenvalue weighted by molar-refractivity contribution is 5.88. The van der Waals surface area contributed by atoms with E-state index in [2.05, 4.69) is 20.9 Å². The van der Waals surface area contributed by atoms with Crippen molar-refractivity contribution in [3.05, 3.63) is 29.3 Å². The van der Waals surface area contributed by atoms with Crippen LogP contribution in [0.25, 0.3) is 0 Å². The van der Waals surface area contributed by atoms with Gasteiger partial charge in [-0.15, -0.1) is 4.99 Å². The third-order valence-electron chi connectivity index (χ3n) is 7.76. The summed E-state index contributed by atoms with van der Waals surface area (Å²) in [7, 11) is 1.36. The second-order valence-corrected chi connectivity index (χ2v) is 9.96. The van der Waals surface area contributed by atoms with Gasteiger partial charge in [-0.1, -0.05) is 0 Å². The number of hydrogen-bond donors (Lipinski definition) is 0. The predicted molar refractivity (Wildman–Crippen MR) is 138 cm³/mol. The van der Waals surface area contributed by atoms with Gasteiger partial charge in [0.1, 0.15) is 0 Å². The SMILES string of the molecule is COC(=O)[C@H]1CN(C(=NC#N)N2CCCCC2)CC[C@@H]1C(=O)N1CCN(c2ccc(C#N)cc2C)CC1. The van der Waals surface area contributed by atoms with E-state index in [4.69, 9.17) is 10.00 Å².